The minimum absolute atomic E-state index is 0.783. The summed E-state index contributed by atoms with van der Waals surface area (Å²) in [6, 6.07) is 41.8. The Bertz CT molecular complexity index is 2390. The van der Waals surface area contributed by atoms with Gasteiger partial charge in [0.05, 0.1) is 0 Å². The zero-order valence-corrected chi connectivity index (χ0v) is 23.7. The molecule has 8 aromatic rings. The van der Waals surface area contributed by atoms with Crippen molar-refractivity contribution >= 4 is 43.9 Å². The Kier molecular flexibility index (Phi) is 4.92. The number of hydrogen-bond acceptors (Lipinski definition) is 4. The Labute approximate surface area is 247 Å². The average molecular weight is 559 g/mol. The molecule has 0 saturated heterocycles. The molecule has 1 aliphatic rings. The Morgan fingerprint density at radius 1 is 0.395 bits per heavy atom. The van der Waals surface area contributed by atoms with Crippen LogP contribution in [0.3, 0.4) is 0 Å². The minimum atomic E-state index is -0.829. The first kappa shape index (κ1) is 24.2. The highest BCUT2D eigenvalue weighted by molar-refractivity contribution is 6.07. The molecule has 1 aliphatic heterocycles. The lowest BCUT2D eigenvalue weighted by Crippen LogP contribution is -2.34. The van der Waals surface area contributed by atoms with Crippen LogP contribution in [0.2, 0.25) is 0 Å². The molecule has 9 rings (SSSR count). The molecule has 0 radical (unpaired) electrons. The number of para-hydroxylation sites is 2. The van der Waals surface area contributed by atoms with Crippen LogP contribution < -0.4 is 9.47 Å². The van der Waals surface area contributed by atoms with E-state index in [-0.39, 0.29) is 0 Å². The van der Waals surface area contributed by atoms with Crippen LogP contribution in [0.1, 0.15) is 13.8 Å². The topological polar surface area (TPSA) is 44.7 Å². The first-order valence-corrected chi connectivity index (χ1v) is 14.5. The van der Waals surface area contributed by atoms with Crippen LogP contribution in [-0.4, -0.2) is 5.79 Å². The molecule has 0 saturated carbocycles. The molecule has 6 aromatic carbocycles. The van der Waals surface area contributed by atoms with E-state index in [2.05, 4.69) is 78.9 Å². The van der Waals surface area contributed by atoms with E-state index in [0.29, 0.717) is 0 Å². The van der Waals surface area contributed by atoms with Gasteiger partial charge in [-0.2, -0.15) is 0 Å². The molecule has 0 fully saturated rings. The van der Waals surface area contributed by atoms with Gasteiger partial charge in [0.1, 0.15) is 33.8 Å². The van der Waals surface area contributed by atoms with Crippen LogP contribution in [0.5, 0.6) is 11.5 Å². The van der Waals surface area contributed by atoms with E-state index in [1.54, 1.807) is 0 Å². The molecule has 4 nitrogen and oxygen atoms in total. The lowest BCUT2D eigenvalue weighted by Gasteiger charge is -2.25. The maximum Gasteiger partial charge on any atom is 0.245 e. The summed E-state index contributed by atoms with van der Waals surface area (Å²) in [7, 11) is 0. The highest BCUT2D eigenvalue weighted by Crippen LogP contribution is 2.46. The van der Waals surface area contributed by atoms with Crippen LogP contribution in [0.15, 0.2) is 130 Å². The molecule has 0 spiro atoms. The van der Waals surface area contributed by atoms with Crippen LogP contribution in [0.4, 0.5) is 0 Å². The van der Waals surface area contributed by atoms with Crippen molar-refractivity contribution in [2.24, 2.45) is 0 Å². The van der Waals surface area contributed by atoms with Gasteiger partial charge in [-0.25, -0.2) is 0 Å². The summed E-state index contributed by atoms with van der Waals surface area (Å²) in [5.41, 5.74) is 9.88. The monoisotopic (exact) mass is 558 g/mol. The van der Waals surface area contributed by atoms with E-state index in [1.165, 1.54) is 0 Å². The van der Waals surface area contributed by atoms with Crippen molar-refractivity contribution in [2.75, 3.05) is 0 Å². The third-order valence-corrected chi connectivity index (χ3v) is 8.38. The second-order valence-electron chi connectivity index (χ2n) is 11.6. The molecule has 4 heteroatoms. The van der Waals surface area contributed by atoms with Gasteiger partial charge in [-0.1, -0.05) is 60.7 Å². The summed E-state index contributed by atoms with van der Waals surface area (Å²) >= 11 is 0. The van der Waals surface area contributed by atoms with Crippen LogP contribution in [0, 0.1) is 0 Å². The molecule has 3 heterocycles. The number of hydrogen-bond donors (Lipinski definition) is 0. The van der Waals surface area contributed by atoms with Gasteiger partial charge in [0.25, 0.3) is 0 Å². The van der Waals surface area contributed by atoms with Gasteiger partial charge in [-0.15, -0.1) is 0 Å². The summed E-state index contributed by atoms with van der Waals surface area (Å²) in [5.74, 6) is 0.739. The van der Waals surface area contributed by atoms with Crippen molar-refractivity contribution in [3.63, 3.8) is 0 Å². The van der Waals surface area contributed by atoms with Crippen molar-refractivity contribution in [1.29, 1.82) is 0 Å². The molecule has 0 bridgehead atoms. The zero-order chi connectivity index (χ0) is 28.7. The molecule has 206 valence electrons. The molecular weight excluding hydrogens is 532 g/mol. The second kappa shape index (κ2) is 8.76. The van der Waals surface area contributed by atoms with E-state index in [0.717, 1.165) is 88.8 Å². The number of ether oxygens (including phenoxy) is 2. The van der Waals surface area contributed by atoms with Crippen molar-refractivity contribution in [2.45, 2.75) is 19.6 Å². The molecular formula is C39H26O4. The number of benzene rings is 6. The SMILES string of the molecule is CC1(C)Oc2ccc(-c3ccc4c(c3)oc3ccccc34)cc2-c2cc(-c3ccc4oc5ccccc5c4c3)ccc2O1. The molecule has 0 N–H and O–H groups in total. The molecule has 0 atom stereocenters. The van der Waals surface area contributed by atoms with Crippen molar-refractivity contribution in [3.8, 4) is 44.9 Å². The Balaban J connectivity index is 1.20. The molecule has 43 heavy (non-hydrogen) atoms. The predicted molar refractivity (Wildman–Crippen MR) is 173 cm³/mol. The third-order valence-electron chi connectivity index (χ3n) is 8.38. The van der Waals surface area contributed by atoms with Gasteiger partial charge < -0.3 is 18.3 Å². The van der Waals surface area contributed by atoms with E-state index >= 15 is 0 Å². The van der Waals surface area contributed by atoms with Gasteiger partial charge in [0.2, 0.25) is 5.79 Å². The zero-order valence-electron chi connectivity index (χ0n) is 23.7. The Hall–Kier alpha value is -5.48. The lowest BCUT2D eigenvalue weighted by molar-refractivity contribution is -0.0778. The summed E-state index contributed by atoms with van der Waals surface area (Å²) < 4.78 is 25.1. The number of rotatable bonds is 2. The quantitative estimate of drug-likeness (QED) is 0.212. The summed E-state index contributed by atoms with van der Waals surface area (Å²) in [4.78, 5) is 0. The smallest absolute Gasteiger partial charge is 0.245 e. The van der Waals surface area contributed by atoms with Gasteiger partial charge in [-0.05, 0) is 82.9 Å². The van der Waals surface area contributed by atoms with Crippen molar-refractivity contribution < 1.29 is 18.3 Å². The molecule has 0 aliphatic carbocycles. The van der Waals surface area contributed by atoms with Crippen LogP contribution >= 0.6 is 0 Å². The first-order chi connectivity index (χ1) is 21.0. The van der Waals surface area contributed by atoms with Gasteiger partial charge in [0, 0.05) is 46.5 Å². The van der Waals surface area contributed by atoms with E-state index in [4.69, 9.17) is 18.3 Å². The summed E-state index contributed by atoms with van der Waals surface area (Å²) in [6.07, 6.45) is 0. The van der Waals surface area contributed by atoms with Gasteiger partial charge in [0.15, 0.2) is 0 Å². The molecule has 0 amide bonds. The fourth-order valence-corrected chi connectivity index (χ4v) is 6.38. The molecule has 0 unspecified atom stereocenters. The molecule has 2 aromatic heterocycles. The Morgan fingerprint density at radius 2 is 0.860 bits per heavy atom. The van der Waals surface area contributed by atoms with Crippen LogP contribution in [-0.2, 0) is 0 Å². The fourth-order valence-electron chi connectivity index (χ4n) is 6.38. The number of fused-ring (bicyclic) bond motifs is 9. The van der Waals surface area contributed by atoms with Gasteiger partial charge >= 0.3 is 0 Å². The maximum atomic E-state index is 6.42. The minimum Gasteiger partial charge on any atom is -0.456 e. The fraction of sp³-hybridized carbons (Fsp3) is 0.0769. The Morgan fingerprint density at radius 3 is 1.53 bits per heavy atom. The largest absolute Gasteiger partial charge is 0.456 e. The first-order valence-electron chi connectivity index (χ1n) is 14.5. The van der Waals surface area contributed by atoms with Crippen LogP contribution in [0.25, 0.3) is 77.3 Å². The lowest BCUT2D eigenvalue weighted by atomic mass is 9.94. The van der Waals surface area contributed by atoms with E-state index in [9.17, 15) is 0 Å². The summed E-state index contributed by atoms with van der Waals surface area (Å²) in [5, 5.41) is 4.46. The average Bonchev–Trinajstić information content (AvgIpc) is 3.55. The predicted octanol–water partition coefficient (Wildman–Crippen LogP) is 11.0. The highest BCUT2D eigenvalue weighted by atomic mass is 16.7. The van der Waals surface area contributed by atoms with Gasteiger partial charge in [-0.3, -0.25) is 0 Å². The third kappa shape index (κ3) is 3.84. The highest BCUT2D eigenvalue weighted by Gasteiger charge is 2.30. The maximum absolute atomic E-state index is 6.42. The van der Waals surface area contributed by atoms with E-state index < -0.39 is 5.79 Å². The van der Waals surface area contributed by atoms with Crippen molar-refractivity contribution in [1.82, 2.24) is 0 Å². The van der Waals surface area contributed by atoms with E-state index in [1.807, 2.05) is 56.3 Å². The van der Waals surface area contributed by atoms with Crippen molar-refractivity contribution in [3.05, 3.63) is 121 Å². The number of furan rings is 2. The second-order valence-corrected chi connectivity index (χ2v) is 11.6. The summed E-state index contributed by atoms with van der Waals surface area (Å²) in [6.45, 7) is 3.89. The standard InChI is InChI=1S/C39H26O4/c1-39(2)42-36-17-13-24(23-12-16-35-30(19-23)28-8-4-6-10-34(28)40-35)20-31(36)32-21-25(14-18-37(32)43-39)26-11-15-29-27-7-3-5-9-33(27)41-38(29)22-26/h3-22H,1-2H3. The normalized spacial score (nSPS) is 13.9.